The molecule has 0 amide bonds. The number of carboxylic acid groups (broad SMARTS) is 1. The molecule has 0 aliphatic heterocycles. The van der Waals surface area contributed by atoms with Gasteiger partial charge in [0.25, 0.3) is 0 Å². The number of ether oxygens (including phenoxy) is 2. The standard InChI is InChI=1S/C27H26N2O4/c1-3-19-13-14-26(33-18-27(30)31)22(15-19)23-16-24(21-11-7-8-12-25(21)32-2)29(28-23)17-20-9-5-4-6-10-20/h4-16H,3,17-18H2,1-2H3,(H,30,31). The second-order valence-electron chi connectivity index (χ2n) is 7.62. The number of aryl methyl sites for hydroxylation is 1. The van der Waals surface area contributed by atoms with E-state index in [4.69, 9.17) is 19.7 Å². The van der Waals surface area contributed by atoms with Gasteiger partial charge in [-0.15, -0.1) is 0 Å². The highest BCUT2D eigenvalue weighted by molar-refractivity contribution is 5.76. The Morgan fingerprint density at radius 3 is 2.39 bits per heavy atom. The highest BCUT2D eigenvalue weighted by Gasteiger charge is 2.18. The molecular formula is C27H26N2O4. The summed E-state index contributed by atoms with van der Waals surface area (Å²) in [6, 6.07) is 25.7. The van der Waals surface area contributed by atoms with Gasteiger partial charge in [0.05, 0.1) is 25.0 Å². The van der Waals surface area contributed by atoms with Crippen LogP contribution in [0.2, 0.25) is 0 Å². The Bertz CT molecular complexity index is 1250. The van der Waals surface area contributed by atoms with Gasteiger partial charge in [-0.25, -0.2) is 4.79 Å². The fraction of sp³-hybridized carbons (Fsp3) is 0.185. The third-order valence-corrected chi connectivity index (χ3v) is 5.42. The minimum atomic E-state index is -1.02. The Morgan fingerprint density at radius 2 is 1.67 bits per heavy atom. The molecule has 4 rings (SSSR count). The second kappa shape index (κ2) is 10.0. The van der Waals surface area contributed by atoms with E-state index in [1.54, 1.807) is 7.11 Å². The average Bonchev–Trinajstić information content (AvgIpc) is 3.26. The molecule has 168 valence electrons. The number of carbonyl (C=O) groups is 1. The van der Waals surface area contributed by atoms with E-state index in [1.807, 2.05) is 71.4 Å². The van der Waals surface area contributed by atoms with Crippen LogP contribution in [-0.2, 0) is 17.8 Å². The van der Waals surface area contributed by atoms with Crippen LogP contribution in [0.5, 0.6) is 11.5 Å². The predicted octanol–water partition coefficient (Wildman–Crippen LogP) is 5.30. The van der Waals surface area contributed by atoms with Crippen molar-refractivity contribution in [3.63, 3.8) is 0 Å². The molecule has 6 heteroatoms. The molecule has 0 aliphatic rings. The van der Waals surface area contributed by atoms with Gasteiger partial charge in [0, 0.05) is 11.1 Å². The summed E-state index contributed by atoms with van der Waals surface area (Å²) in [6.45, 7) is 2.24. The van der Waals surface area contributed by atoms with Crippen LogP contribution in [0.4, 0.5) is 0 Å². The molecule has 1 heterocycles. The van der Waals surface area contributed by atoms with Crippen LogP contribution in [0.1, 0.15) is 18.1 Å². The molecule has 33 heavy (non-hydrogen) atoms. The molecular weight excluding hydrogens is 416 g/mol. The van der Waals surface area contributed by atoms with Gasteiger partial charge in [0.2, 0.25) is 0 Å². The zero-order valence-corrected chi connectivity index (χ0v) is 18.7. The maximum atomic E-state index is 11.1. The van der Waals surface area contributed by atoms with Crippen molar-refractivity contribution in [2.75, 3.05) is 13.7 Å². The lowest BCUT2D eigenvalue weighted by molar-refractivity contribution is -0.139. The zero-order chi connectivity index (χ0) is 23.2. The topological polar surface area (TPSA) is 73.6 Å². The van der Waals surface area contributed by atoms with Gasteiger partial charge in [-0.05, 0) is 47.9 Å². The summed E-state index contributed by atoms with van der Waals surface area (Å²) >= 11 is 0. The molecule has 0 bridgehead atoms. The number of aliphatic carboxylic acids is 1. The molecule has 0 spiro atoms. The van der Waals surface area contributed by atoms with Crippen molar-refractivity contribution in [3.05, 3.63) is 90.0 Å². The molecule has 0 saturated heterocycles. The Balaban J connectivity index is 1.85. The van der Waals surface area contributed by atoms with Crippen molar-refractivity contribution < 1.29 is 19.4 Å². The van der Waals surface area contributed by atoms with Crippen molar-refractivity contribution in [2.45, 2.75) is 19.9 Å². The number of carboxylic acids is 1. The Hall–Kier alpha value is -4.06. The Kier molecular flexibility index (Phi) is 6.74. The first kappa shape index (κ1) is 22.1. The van der Waals surface area contributed by atoms with E-state index in [0.29, 0.717) is 18.0 Å². The summed E-state index contributed by atoms with van der Waals surface area (Å²) in [6.07, 6.45) is 0.844. The maximum Gasteiger partial charge on any atom is 0.341 e. The molecule has 3 aromatic carbocycles. The fourth-order valence-electron chi connectivity index (χ4n) is 3.76. The number of nitrogens with zero attached hydrogens (tertiary/aromatic N) is 2. The summed E-state index contributed by atoms with van der Waals surface area (Å²) in [4.78, 5) is 11.1. The summed E-state index contributed by atoms with van der Waals surface area (Å²) in [5.41, 5.74) is 5.53. The molecule has 0 aliphatic carbocycles. The van der Waals surface area contributed by atoms with Gasteiger partial charge >= 0.3 is 5.97 Å². The molecule has 0 atom stereocenters. The monoisotopic (exact) mass is 442 g/mol. The lowest BCUT2D eigenvalue weighted by atomic mass is 10.0. The van der Waals surface area contributed by atoms with Gasteiger partial charge < -0.3 is 14.6 Å². The van der Waals surface area contributed by atoms with Gasteiger partial charge in [-0.3, -0.25) is 4.68 Å². The number of rotatable bonds is 9. The lowest BCUT2D eigenvalue weighted by Crippen LogP contribution is -2.10. The van der Waals surface area contributed by atoms with Crippen molar-refractivity contribution >= 4 is 5.97 Å². The van der Waals surface area contributed by atoms with E-state index in [0.717, 1.165) is 40.1 Å². The largest absolute Gasteiger partial charge is 0.496 e. The van der Waals surface area contributed by atoms with E-state index in [-0.39, 0.29) is 0 Å². The first-order chi connectivity index (χ1) is 16.1. The van der Waals surface area contributed by atoms with Crippen molar-refractivity contribution in [2.24, 2.45) is 0 Å². The number of hydrogen-bond donors (Lipinski definition) is 1. The van der Waals surface area contributed by atoms with Gasteiger partial charge in [0.15, 0.2) is 6.61 Å². The molecule has 0 radical (unpaired) electrons. The molecule has 0 unspecified atom stereocenters. The van der Waals surface area contributed by atoms with E-state index in [1.165, 1.54) is 0 Å². The van der Waals surface area contributed by atoms with Crippen LogP contribution in [0.15, 0.2) is 78.9 Å². The smallest absolute Gasteiger partial charge is 0.341 e. The van der Waals surface area contributed by atoms with Gasteiger partial charge in [0.1, 0.15) is 11.5 Å². The number of hydrogen-bond acceptors (Lipinski definition) is 4. The predicted molar refractivity (Wildman–Crippen MR) is 128 cm³/mol. The minimum absolute atomic E-state index is 0.414. The Morgan fingerprint density at radius 1 is 0.909 bits per heavy atom. The fourth-order valence-corrected chi connectivity index (χ4v) is 3.76. The molecule has 6 nitrogen and oxygen atoms in total. The van der Waals surface area contributed by atoms with Crippen LogP contribution in [0.25, 0.3) is 22.5 Å². The third kappa shape index (κ3) is 5.06. The van der Waals surface area contributed by atoms with Crippen LogP contribution in [-0.4, -0.2) is 34.6 Å². The minimum Gasteiger partial charge on any atom is -0.496 e. The summed E-state index contributed by atoms with van der Waals surface area (Å²) in [5.74, 6) is 0.221. The van der Waals surface area contributed by atoms with Crippen molar-refractivity contribution in [1.29, 1.82) is 0 Å². The number of para-hydroxylation sites is 1. The highest BCUT2D eigenvalue weighted by atomic mass is 16.5. The lowest BCUT2D eigenvalue weighted by Gasteiger charge is -2.11. The molecule has 0 saturated carbocycles. The second-order valence-corrected chi connectivity index (χ2v) is 7.62. The van der Waals surface area contributed by atoms with E-state index >= 15 is 0 Å². The van der Waals surface area contributed by atoms with Crippen molar-refractivity contribution in [3.8, 4) is 34.0 Å². The van der Waals surface area contributed by atoms with Crippen molar-refractivity contribution in [1.82, 2.24) is 9.78 Å². The van der Waals surface area contributed by atoms with E-state index < -0.39 is 12.6 Å². The number of methoxy groups -OCH3 is 1. The van der Waals surface area contributed by atoms with Crippen LogP contribution in [0, 0.1) is 0 Å². The zero-order valence-electron chi connectivity index (χ0n) is 18.7. The van der Waals surface area contributed by atoms with E-state index in [9.17, 15) is 4.79 Å². The van der Waals surface area contributed by atoms with Crippen LogP contribution < -0.4 is 9.47 Å². The SMILES string of the molecule is CCc1ccc(OCC(=O)O)c(-c2cc(-c3ccccc3OC)n(Cc3ccccc3)n2)c1. The highest BCUT2D eigenvalue weighted by Crippen LogP contribution is 2.36. The summed E-state index contributed by atoms with van der Waals surface area (Å²) in [7, 11) is 1.65. The van der Waals surface area contributed by atoms with Gasteiger partial charge in [-0.2, -0.15) is 5.10 Å². The quantitative estimate of drug-likeness (QED) is 0.381. The summed E-state index contributed by atoms with van der Waals surface area (Å²) in [5, 5.41) is 14.0. The molecule has 0 fully saturated rings. The first-order valence-electron chi connectivity index (χ1n) is 10.8. The molecule has 1 N–H and O–H groups in total. The maximum absolute atomic E-state index is 11.1. The number of benzene rings is 3. The first-order valence-corrected chi connectivity index (χ1v) is 10.8. The summed E-state index contributed by atoms with van der Waals surface area (Å²) < 4.78 is 13.2. The van der Waals surface area contributed by atoms with Crippen LogP contribution in [0.3, 0.4) is 0 Å². The third-order valence-electron chi connectivity index (χ3n) is 5.42. The average molecular weight is 443 g/mol. The van der Waals surface area contributed by atoms with Gasteiger partial charge in [-0.1, -0.05) is 55.5 Å². The van der Waals surface area contributed by atoms with E-state index in [2.05, 4.69) is 19.1 Å². The molecule has 4 aromatic rings. The van der Waals surface area contributed by atoms with Crippen LogP contribution >= 0.6 is 0 Å². The normalized spacial score (nSPS) is 10.7. The number of aromatic nitrogens is 2. The Labute approximate surface area is 193 Å². The molecule has 1 aromatic heterocycles.